The summed E-state index contributed by atoms with van der Waals surface area (Å²) in [6, 6.07) is 17.7. The molecule has 4 aromatic rings. The van der Waals surface area contributed by atoms with Crippen LogP contribution in [0.5, 0.6) is 0 Å². The molecule has 0 heterocycles. The van der Waals surface area contributed by atoms with Gasteiger partial charge in [-0.2, -0.15) is 43.9 Å². The number of anilines is 2. The van der Waals surface area contributed by atoms with Crippen molar-refractivity contribution in [2.45, 2.75) is 9.79 Å². The van der Waals surface area contributed by atoms with Gasteiger partial charge in [0.15, 0.2) is 0 Å². The maximum atomic E-state index is 13.0. The monoisotopic (exact) mass is 840 g/mol. The van der Waals surface area contributed by atoms with E-state index < -0.39 is 83.1 Å². The maximum absolute atomic E-state index is 13.0. The molecule has 0 radical (unpaired) electrons. The molecule has 288 valence electrons. The van der Waals surface area contributed by atoms with Crippen molar-refractivity contribution in [1.82, 2.24) is 0 Å². The second-order valence-corrected chi connectivity index (χ2v) is 17.3. The molecule has 0 atom stereocenters. The Kier molecular flexibility index (Phi) is 10.3. The van der Waals surface area contributed by atoms with Gasteiger partial charge in [0.2, 0.25) is 11.6 Å². The zero-order chi connectivity index (χ0) is 40.8. The number of Topliss-reactive ketones (excluding diaryl/α,β-unsaturated/α-hetero) is 2. The third-order valence-electron chi connectivity index (χ3n) is 8.07. The smallest absolute Gasteiger partial charge is 0.287 e. The Morgan fingerprint density at radius 3 is 1.12 bits per heavy atom. The van der Waals surface area contributed by atoms with Gasteiger partial charge in [-0.15, -0.1) is 0 Å². The average Bonchev–Trinajstić information content (AvgIpc) is 3.12. The molecule has 0 saturated heterocycles. The molecule has 0 aliphatic heterocycles. The summed E-state index contributed by atoms with van der Waals surface area (Å²) in [7, 11) is -19.6. The van der Waals surface area contributed by atoms with Gasteiger partial charge in [0, 0.05) is 22.3 Å². The molecule has 2 aliphatic rings. The van der Waals surface area contributed by atoms with Gasteiger partial charge >= 0.3 is 0 Å². The lowest BCUT2D eigenvalue weighted by Crippen LogP contribution is -2.22. The number of ketones is 2. The van der Waals surface area contributed by atoms with Crippen molar-refractivity contribution in [3.05, 3.63) is 130 Å². The molecule has 56 heavy (non-hydrogen) atoms. The zero-order valence-corrected chi connectivity index (χ0v) is 31.1. The van der Waals surface area contributed by atoms with Gasteiger partial charge in [-0.3, -0.25) is 38.7 Å². The van der Waals surface area contributed by atoms with Crippen LogP contribution in [-0.2, 0) is 40.5 Å². The molecule has 6 rings (SSSR count). The zero-order valence-electron chi connectivity index (χ0n) is 27.8. The minimum Gasteiger partial charge on any atom is -0.287 e. The van der Waals surface area contributed by atoms with Gasteiger partial charge < -0.3 is 0 Å². The molecule has 0 amide bonds. The largest absolute Gasteiger partial charge is 0.295 e. The van der Waals surface area contributed by atoms with E-state index in [-0.39, 0.29) is 44.8 Å². The Hall–Kier alpha value is -5.98. The van der Waals surface area contributed by atoms with E-state index in [1.807, 2.05) is 0 Å². The lowest BCUT2D eigenvalue weighted by molar-refractivity contribution is 0.105. The predicted molar refractivity (Wildman–Crippen MR) is 204 cm³/mol. The van der Waals surface area contributed by atoms with E-state index >= 15 is 0 Å². The van der Waals surface area contributed by atoms with E-state index in [0.29, 0.717) is 0 Å². The summed E-state index contributed by atoms with van der Waals surface area (Å²) in [4.78, 5) is 23.3. The molecule has 22 heteroatoms. The van der Waals surface area contributed by atoms with Crippen LogP contribution in [0.4, 0.5) is 11.4 Å². The molecule has 6 N–H and O–H groups in total. The molecule has 0 fully saturated rings. The number of carbonyl (C=O) groups is 2. The number of rotatable bonds is 10. The van der Waals surface area contributed by atoms with Crippen molar-refractivity contribution in [3.63, 3.8) is 0 Å². The number of carbonyl (C=O) groups excluding carboxylic acids is 2. The Morgan fingerprint density at radius 2 is 0.804 bits per heavy atom. The number of benzene rings is 4. The van der Waals surface area contributed by atoms with Crippen molar-refractivity contribution in [2.75, 3.05) is 10.9 Å². The van der Waals surface area contributed by atoms with Crippen molar-refractivity contribution >= 4 is 96.8 Å². The molecule has 0 aromatic heterocycles. The number of allylic oxidation sites excluding steroid dienone is 2. The van der Waals surface area contributed by atoms with Gasteiger partial charge in [-0.1, -0.05) is 72.8 Å². The lowest BCUT2D eigenvalue weighted by Gasteiger charge is -2.16. The van der Waals surface area contributed by atoms with E-state index in [0.717, 1.165) is 48.6 Å². The summed E-state index contributed by atoms with van der Waals surface area (Å²) >= 11 is 0. The van der Waals surface area contributed by atoms with Crippen LogP contribution in [-0.4, -0.2) is 74.9 Å². The summed E-state index contributed by atoms with van der Waals surface area (Å²) in [6.07, 6.45) is 3.80. The van der Waals surface area contributed by atoms with Crippen LogP contribution in [0.2, 0.25) is 0 Å². The normalized spacial score (nSPS) is 16.4. The molecule has 0 bridgehead atoms. The van der Waals surface area contributed by atoms with Crippen molar-refractivity contribution in [3.8, 4) is 0 Å². The fourth-order valence-corrected chi connectivity index (χ4v) is 8.41. The highest BCUT2D eigenvalue weighted by molar-refractivity contribution is 7.95. The molecule has 2 aliphatic carbocycles. The SMILES string of the molecule is O=C1/C(=N\Nc2ccc(/C=C/c3ccc(N/N=C4\C=C(S(=O)(=O)O)c5ccccc5C4=O)cc3S(=O)(=O)O)c(S(=O)(=O)O)c2)C=C(S(=O)(=O)O)c2ccccc21. The highest BCUT2D eigenvalue weighted by Gasteiger charge is 2.31. The molecule has 0 unspecified atom stereocenters. The molecule has 0 spiro atoms. The first-order valence-corrected chi connectivity index (χ1v) is 21.1. The fourth-order valence-electron chi connectivity index (χ4n) is 5.55. The fraction of sp³-hybridized carbons (Fsp3) is 0. The van der Waals surface area contributed by atoms with Crippen LogP contribution in [0.15, 0.2) is 117 Å². The van der Waals surface area contributed by atoms with Crippen LogP contribution in [0.25, 0.3) is 22.0 Å². The number of nitrogens with one attached hydrogen (secondary N) is 2. The summed E-state index contributed by atoms with van der Waals surface area (Å²) in [5.74, 6) is -1.45. The minimum atomic E-state index is -4.99. The third kappa shape index (κ3) is 8.31. The Morgan fingerprint density at radius 1 is 0.464 bits per heavy atom. The van der Waals surface area contributed by atoms with E-state index in [4.69, 9.17) is 0 Å². The third-order valence-corrected chi connectivity index (χ3v) is 11.7. The quantitative estimate of drug-likeness (QED) is 0.0743. The number of hydrogen-bond acceptors (Lipinski definition) is 14. The number of fused-ring (bicyclic) bond motifs is 2. The Labute approximate surface area is 318 Å². The first kappa shape index (κ1) is 39.7. The van der Waals surface area contributed by atoms with Crippen molar-refractivity contribution in [2.24, 2.45) is 10.2 Å². The number of hydrazone groups is 2. The highest BCUT2D eigenvalue weighted by atomic mass is 32.2. The molecule has 18 nitrogen and oxygen atoms in total. The molecule has 4 aromatic carbocycles. The molecular formula is C34H24N4O14S4. The van der Waals surface area contributed by atoms with E-state index in [9.17, 15) is 61.5 Å². The Balaban J connectivity index is 1.30. The highest BCUT2D eigenvalue weighted by Crippen LogP contribution is 2.31. The maximum Gasteiger partial charge on any atom is 0.295 e. The minimum absolute atomic E-state index is 0.0578. The predicted octanol–water partition coefficient (Wildman–Crippen LogP) is 4.14. The van der Waals surface area contributed by atoms with Gasteiger partial charge in [-0.05, 0) is 47.5 Å². The van der Waals surface area contributed by atoms with Gasteiger partial charge in [-0.25, -0.2) is 0 Å². The van der Waals surface area contributed by atoms with Crippen LogP contribution in [0.1, 0.15) is 43.0 Å². The molecular weight excluding hydrogens is 817 g/mol. The average molecular weight is 841 g/mol. The summed E-state index contributed by atoms with van der Waals surface area (Å²) < 4.78 is 137. The topological polar surface area (TPSA) is 300 Å². The Bertz CT molecular complexity index is 2800. The first-order valence-electron chi connectivity index (χ1n) is 15.4. The summed E-state index contributed by atoms with van der Waals surface area (Å²) in [6.45, 7) is 0. The van der Waals surface area contributed by atoms with Gasteiger partial charge in [0.1, 0.15) is 31.0 Å². The molecule has 0 saturated carbocycles. The lowest BCUT2D eigenvalue weighted by atomic mass is 9.95. The summed E-state index contributed by atoms with van der Waals surface area (Å²) in [5.41, 5.74) is 2.94. The first-order chi connectivity index (χ1) is 26.1. The summed E-state index contributed by atoms with van der Waals surface area (Å²) in [5, 5.41) is 7.73. The second kappa shape index (κ2) is 14.6. The van der Waals surface area contributed by atoms with Gasteiger partial charge in [0.25, 0.3) is 40.5 Å². The van der Waals surface area contributed by atoms with Crippen molar-refractivity contribution in [1.29, 1.82) is 0 Å². The van der Waals surface area contributed by atoms with E-state index in [2.05, 4.69) is 21.1 Å². The van der Waals surface area contributed by atoms with Crippen LogP contribution >= 0.6 is 0 Å². The standard InChI is InChI=1S/C34H24N4O14S4/c39-33-25-7-3-1-5-23(25)31(55(47,48)49)17-27(33)37-35-21-13-11-19(29(15-21)53(41,42)43)9-10-20-12-14-22(16-30(20)54(44,45)46)36-38-28-18-32(56(50,51)52)24-6-2-4-8-26(24)34(28)40/h1-18,35-36H,(H,41,42,43)(H,44,45,46)(H,47,48,49)(H,50,51,52)/b10-9+,37-27-,38-28+. The number of hydrogen-bond donors (Lipinski definition) is 6. The second-order valence-electron chi connectivity index (χ2n) is 11.7. The van der Waals surface area contributed by atoms with Crippen LogP contribution < -0.4 is 10.9 Å². The van der Waals surface area contributed by atoms with E-state index in [1.54, 1.807) is 0 Å². The van der Waals surface area contributed by atoms with E-state index in [1.165, 1.54) is 60.7 Å². The number of nitrogens with zero attached hydrogens (tertiary/aromatic N) is 2. The van der Waals surface area contributed by atoms with Crippen molar-refractivity contribution < 1.29 is 61.5 Å². The van der Waals surface area contributed by atoms with Gasteiger partial charge in [0.05, 0.1) is 11.4 Å². The van der Waals surface area contributed by atoms with Crippen LogP contribution in [0, 0.1) is 0 Å². The van der Waals surface area contributed by atoms with Crippen LogP contribution in [0.3, 0.4) is 0 Å².